The minimum atomic E-state index is -4.04. The van der Waals surface area contributed by atoms with Crippen molar-refractivity contribution >= 4 is 27.6 Å². The molecule has 0 aromatic heterocycles. The molecule has 0 aliphatic carbocycles. The van der Waals surface area contributed by atoms with Crippen LogP contribution in [0, 0.1) is 0 Å². The van der Waals surface area contributed by atoms with E-state index in [0.717, 1.165) is 19.3 Å². The maximum absolute atomic E-state index is 12.2. The molecule has 1 heterocycles. The SMILES string of the molecule is O=C(O)CNS(=O)(=O)c1cc(Cl)ccc1OCC1CCCCO1. The molecule has 9 heteroatoms. The molecule has 1 fully saturated rings. The Morgan fingerprint density at radius 3 is 2.87 bits per heavy atom. The molecule has 1 aliphatic rings. The number of carbonyl (C=O) groups is 1. The number of carboxylic acid groups (broad SMARTS) is 1. The lowest BCUT2D eigenvalue weighted by atomic mass is 10.1. The van der Waals surface area contributed by atoms with Gasteiger partial charge in [-0.05, 0) is 37.5 Å². The summed E-state index contributed by atoms with van der Waals surface area (Å²) >= 11 is 5.85. The zero-order chi connectivity index (χ0) is 16.9. The standard InChI is InChI=1S/C14H18ClNO6S/c15-10-4-5-12(22-9-11-3-1-2-6-21-11)13(7-10)23(19,20)16-8-14(17)18/h4-5,7,11,16H,1-3,6,8-9H2,(H,17,18). The molecule has 23 heavy (non-hydrogen) atoms. The van der Waals surface area contributed by atoms with Crippen LogP contribution in [0.1, 0.15) is 19.3 Å². The summed E-state index contributed by atoms with van der Waals surface area (Å²) < 4.78 is 37.5. The van der Waals surface area contributed by atoms with Crippen molar-refractivity contribution in [3.63, 3.8) is 0 Å². The molecular formula is C14H18ClNO6S. The summed E-state index contributed by atoms with van der Waals surface area (Å²) in [6.45, 7) is 0.170. The molecule has 1 unspecified atom stereocenters. The van der Waals surface area contributed by atoms with Gasteiger partial charge in [-0.2, -0.15) is 4.72 Å². The number of aliphatic carboxylic acids is 1. The van der Waals surface area contributed by atoms with Crippen molar-refractivity contribution in [2.45, 2.75) is 30.3 Å². The van der Waals surface area contributed by atoms with Crippen molar-refractivity contribution < 1.29 is 27.8 Å². The second kappa shape index (κ2) is 7.96. The number of halogens is 1. The summed E-state index contributed by atoms with van der Waals surface area (Å²) in [5.74, 6) is -1.17. The first kappa shape index (κ1) is 18.0. The summed E-state index contributed by atoms with van der Waals surface area (Å²) in [6.07, 6.45) is 2.82. The molecule has 1 saturated heterocycles. The number of hydrogen-bond acceptors (Lipinski definition) is 5. The third kappa shape index (κ3) is 5.35. The van der Waals surface area contributed by atoms with E-state index in [4.69, 9.17) is 26.2 Å². The van der Waals surface area contributed by atoms with E-state index in [1.165, 1.54) is 18.2 Å². The molecule has 1 aliphatic heterocycles. The zero-order valence-corrected chi connectivity index (χ0v) is 13.9. The molecule has 2 rings (SSSR count). The van der Waals surface area contributed by atoms with Gasteiger partial charge in [0.2, 0.25) is 10.0 Å². The monoisotopic (exact) mass is 363 g/mol. The van der Waals surface area contributed by atoms with Gasteiger partial charge in [-0.3, -0.25) is 4.79 Å². The van der Waals surface area contributed by atoms with Crippen LogP contribution in [0.2, 0.25) is 5.02 Å². The Kier molecular flexibility index (Phi) is 6.23. The smallest absolute Gasteiger partial charge is 0.318 e. The third-order valence-corrected chi connectivity index (χ3v) is 4.96. The van der Waals surface area contributed by atoms with Crippen LogP contribution in [0.3, 0.4) is 0 Å². The minimum absolute atomic E-state index is 0.0815. The van der Waals surface area contributed by atoms with Crippen LogP contribution in [0.15, 0.2) is 23.1 Å². The van der Waals surface area contributed by atoms with E-state index < -0.39 is 22.5 Å². The average Bonchev–Trinajstić information content (AvgIpc) is 2.53. The Hall–Kier alpha value is -1.35. The lowest BCUT2D eigenvalue weighted by Gasteiger charge is -2.23. The largest absolute Gasteiger partial charge is 0.489 e. The highest BCUT2D eigenvalue weighted by atomic mass is 35.5. The molecule has 128 valence electrons. The van der Waals surface area contributed by atoms with E-state index in [9.17, 15) is 13.2 Å². The quantitative estimate of drug-likeness (QED) is 0.763. The summed E-state index contributed by atoms with van der Waals surface area (Å²) in [5.41, 5.74) is 0. The molecular weight excluding hydrogens is 346 g/mol. The van der Waals surface area contributed by atoms with Crippen LogP contribution >= 0.6 is 11.6 Å². The number of ether oxygens (including phenoxy) is 2. The molecule has 0 saturated carbocycles. The predicted octanol–water partition coefficient (Wildman–Crippen LogP) is 1.65. The number of hydrogen-bond donors (Lipinski definition) is 2. The van der Waals surface area contributed by atoms with Gasteiger partial charge in [-0.15, -0.1) is 0 Å². The Morgan fingerprint density at radius 1 is 1.43 bits per heavy atom. The molecule has 1 aromatic carbocycles. The van der Waals surface area contributed by atoms with Gasteiger partial charge < -0.3 is 14.6 Å². The lowest BCUT2D eigenvalue weighted by molar-refractivity contribution is -0.135. The second-order valence-electron chi connectivity index (χ2n) is 5.11. The van der Waals surface area contributed by atoms with Crippen LogP contribution in [0.4, 0.5) is 0 Å². The van der Waals surface area contributed by atoms with Gasteiger partial charge in [-0.1, -0.05) is 11.6 Å². The van der Waals surface area contributed by atoms with Crippen molar-refractivity contribution in [1.29, 1.82) is 0 Å². The van der Waals surface area contributed by atoms with Gasteiger partial charge in [0.05, 0.1) is 6.10 Å². The van der Waals surface area contributed by atoms with Crippen molar-refractivity contribution in [2.24, 2.45) is 0 Å². The van der Waals surface area contributed by atoms with Gasteiger partial charge in [0.25, 0.3) is 0 Å². The Balaban J connectivity index is 2.14. The third-order valence-electron chi connectivity index (χ3n) is 3.31. The van der Waals surface area contributed by atoms with Crippen LogP contribution in [-0.2, 0) is 19.6 Å². The molecule has 1 atom stereocenters. The van der Waals surface area contributed by atoms with E-state index in [0.29, 0.717) is 6.61 Å². The first-order valence-electron chi connectivity index (χ1n) is 7.14. The van der Waals surface area contributed by atoms with Gasteiger partial charge in [-0.25, -0.2) is 8.42 Å². The average molecular weight is 364 g/mol. The summed E-state index contributed by atoms with van der Waals surface area (Å²) in [6, 6.07) is 4.18. The lowest BCUT2D eigenvalue weighted by Crippen LogP contribution is -2.30. The normalized spacial score (nSPS) is 18.6. The van der Waals surface area contributed by atoms with E-state index in [-0.39, 0.29) is 28.4 Å². The maximum atomic E-state index is 12.2. The zero-order valence-electron chi connectivity index (χ0n) is 12.3. The molecule has 7 nitrogen and oxygen atoms in total. The first-order chi connectivity index (χ1) is 10.9. The predicted molar refractivity (Wildman–Crippen MR) is 83.4 cm³/mol. The Morgan fingerprint density at radius 2 is 2.22 bits per heavy atom. The molecule has 0 amide bonds. The van der Waals surface area contributed by atoms with Crippen LogP contribution < -0.4 is 9.46 Å². The van der Waals surface area contributed by atoms with Crippen molar-refractivity contribution in [1.82, 2.24) is 4.72 Å². The topological polar surface area (TPSA) is 102 Å². The van der Waals surface area contributed by atoms with E-state index in [1.54, 1.807) is 0 Å². The van der Waals surface area contributed by atoms with E-state index >= 15 is 0 Å². The molecule has 0 bridgehead atoms. The fourth-order valence-electron chi connectivity index (χ4n) is 2.17. The maximum Gasteiger partial charge on any atom is 0.318 e. The number of nitrogens with one attached hydrogen (secondary N) is 1. The minimum Gasteiger partial charge on any atom is -0.489 e. The Labute approximate surface area is 139 Å². The highest BCUT2D eigenvalue weighted by Crippen LogP contribution is 2.28. The number of rotatable bonds is 7. The van der Waals surface area contributed by atoms with Gasteiger partial charge in [0, 0.05) is 11.6 Å². The molecule has 1 aromatic rings. The number of sulfonamides is 1. The molecule has 0 radical (unpaired) electrons. The highest BCUT2D eigenvalue weighted by Gasteiger charge is 2.22. The van der Waals surface area contributed by atoms with Crippen molar-refractivity contribution in [3.8, 4) is 5.75 Å². The number of carboxylic acids is 1. The van der Waals surface area contributed by atoms with Crippen molar-refractivity contribution in [2.75, 3.05) is 19.8 Å². The summed E-state index contributed by atoms with van der Waals surface area (Å²) in [5, 5.41) is 8.83. The van der Waals surface area contributed by atoms with E-state index in [1.807, 2.05) is 4.72 Å². The first-order valence-corrected chi connectivity index (χ1v) is 9.00. The fourth-order valence-corrected chi connectivity index (χ4v) is 3.55. The van der Waals surface area contributed by atoms with Crippen LogP contribution in [0.25, 0.3) is 0 Å². The molecule has 0 spiro atoms. The van der Waals surface area contributed by atoms with Gasteiger partial charge in [0.15, 0.2) is 0 Å². The van der Waals surface area contributed by atoms with Crippen LogP contribution in [-0.4, -0.2) is 45.4 Å². The summed E-state index contributed by atoms with van der Waals surface area (Å²) in [7, 11) is -4.04. The molecule has 2 N–H and O–H groups in total. The Bertz CT molecular complexity index is 657. The van der Waals surface area contributed by atoms with Gasteiger partial charge >= 0.3 is 5.97 Å². The second-order valence-corrected chi connectivity index (χ2v) is 7.28. The summed E-state index contributed by atoms with van der Waals surface area (Å²) in [4.78, 5) is 10.4. The van der Waals surface area contributed by atoms with Gasteiger partial charge in [0.1, 0.15) is 23.8 Å². The highest BCUT2D eigenvalue weighted by molar-refractivity contribution is 7.89. The fraction of sp³-hybridized carbons (Fsp3) is 0.500. The number of benzene rings is 1. The van der Waals surface area contributed by atoms with E-state index in [2.05, 4.69) is 0 Å². The van der Waals surface area contributed by atoms with Crippen molar-refractivity contribution in [3.05, 3.63) is 23.2 Å². The van der Waals surface area contributed by atoms with Crippen LogP contribution in [0.5, 0.6) is 5.75 Å².